The molecule has 122 valence electrons. The van der Waals surface area contributed by atoms with E-state index < -0.39 is 0 Å². The summed E-state index contributed by atoms with van der Waals surface area (Å²) in [6.07, 6.45) is 2.57. The molecule has 2 aliphatic rings. The van der Waals surface area contributed by atoms with E-state index >= 15 is 0 Å². The Labute approximate surface area is 141 Å². The van der Waals surface area contributed by atoms with Crippen LogP contribution in [0.3, 0.4) is 0 Å². The molecular formula is C20H19NO3. The molecule has 4 nitrogen and oxygen atoms in total. The lowest BCUT2D eigenvalue weighted by molar-refractivity contribution is -0.000759. The Balaban J connectivity index is 1.51. The first-order chi connectivity index (χ1) is 11.8. The molecule has 1 fully saturated rings. The fraction of sp³-hybridized carbons (Fsp3) is 0.300. The Morgan fingerprint density at radius 1 is 0.875 bits per heavy atom. The maximum atomic E-state index is 12.7. The number of nitrogens with zero attached hydrogens (tertiary/aromatic N) is 1. The zero-order valence-corrected chi connectivity index (χ0v) is 13.4. The zero-order chi connectivity index (χ0) is 16.5. The van der Waals surface area contributed by atoms with Crippen LogP contribution in [0.25, 0.3) is 0 Å². The third-order valence-electron chi connectivity index (χ3n) is 4.88. The van der Waals surface area contributed by atoms with E-state index in [0.29, 0.717) is 17.7 Å². The number of hydrogen-bond donors (Lipinski definition) is 0. The van der Waals surface area contributed by atoms with Crippen molar-refractivity contribution in [2.45, 2.75) is 38.0 Å². The van der Waals surface area contributed by atoms with E-state index in [2.05, 4.69) is 0 Å². The summed E-state index contributed by atoms with van der Waals surface area (Å²) in [4.78, 5) is 26.8. The molecule has 1 heterocycles. The standard InChI is InChI=1S/C20H19NO3/c22-19-15-9-4-5-10-16(15)20(23)21(19)17-11-6-12-18(17)24-13-14-7-2-1-3-8-14/h1-5,7-10,17-18H,6,11-13H2/t17-,18+/m0/s1. The summed E-state index contributed by atoms with van der Waals surface area (Å²) in [5.41, 5.74) is 2.12. The smallest absolute Gasteiger partial charge is 0.261 e. The molecule has 1 saturated carbocycles. The van der Waals surface area contributed by atoms with Crippen LogP contribution in [-0.2, 0) is 11.3 Å². The first kappa shape index (κ1) is 15.1. The highest BCUT2D eigenvalue weighted by atomic mass is 16.5. The van der Waals surface area contributed by atoms with Gasteiger partial charge >= 0.3 is 0 Å². The lowest BCUT2D eigenvalue weighted by Gasteiger charge is -2.28. The van der Waals surface area contributed by atoms with Crippen molar-refractivity contribution in [1.29, 1.82) is 0 Å². The van der Waals surface area contributed by atoms with Gasteiger partial charge < -0.3 is 4.74 Å². The quantitative estimate of drug-likeness (QED) is 0.811. The van der Waals surface area contributed by atoms with Crippen LogP contribution in [0.15, 0.2) is 54.6 Å². The Kier molecular flexibility index (Phi) is 3.90. The van der Waals surface area contributed by atoms with Crippen molar-refractivity contribution >= 4 is 11.8 Å². The molecule has 0 radical (unpaired) electrons. The predicted molar refractivity (Wildman–Crippen MR) is 89.6 cm³/mol. The molecule has 0 N–H and O–H groups in total. The molecule has 4 heteroatoms. The van der Waals surface area contributed by atoms with Gasteiger partial charge in [0.15, 0.2) is 0 Å². The van der Waals surface area contributed by atoms with Gasteiger partial charge in [-0.2, -0.15) is 0 Å². The van der Waals surface area contributed by atoms with Crippen LogP contribution in [0.2, 0.25) is 0 Å². The second kappa shape index (κ2) is 6.21. The average molecular weight is 321 g/mol. The van der Waals surface area contributed by atoms with Crippen molar-refractivity contribution in [2.24, 2.45) is 0 Å². The van der Waals surface area contributed by atoms with Gasteiger partial charge in [0, 0.05) is 0 Å². The number of carbonyl (C=O) groups is 2. The molecule has 0 bridgehead atoms. The summed E-state index contributed by atoms with van der Waals surface area (Å²) < 4.78 is 6.06. The second-order valence-corrected chi connectivity index (χ2v) is 6.36. The van der Waals surface area contributed by atoms with E-state index in [4.69, 9.17) is 4.74 Å². The fourth-order valence-corrected chi connectivity index (χ4v) is 3.68. The second-order valence-electron chi connectivity index (χ2n) is 6.36. The summed E-state index contributed by atoms with van der Waals surface area (Å²) in [6.45, 7) is 0.505. The van der Waals surface area contributed by atoms with Gasteiger partial charge in [-0.05, 0) is 37.0 Å². The van der Waals surface area contributed by atoms with Gasteiger partial charge in [0.2, 0.25) is 0 Å². The Bertz CT molecular complexity index is 736. The summed E-state index contributed by atoms with van der Waals surface area (Å²) >= 11 is 0. The van der Waals surface area contributed by atoms with Crippen molar-refractivity contribution in [3.63, 3.8) is 0 Å². The Morgan fingerprint density at radius 3 is 2.17 bits per heavy atom. The van der Waals surface area contributed by atoms with Crippen LogP contribution in [-0.4, -0.2) is 28.9 Å². The average Bonchev–Trinajstić information content (AvgIpc) is 3.17. The van der Waals surface area contributed by atoms with Crippen LogP contribution in [0.4, 0.5) is 0 Å². The largest absolute Gasteiger partial charge is 0.371 e. The summed E-state index contributed by atoms with van der Waals surface area (Å²) in [6, 6.07) is 16.9. The molecule has 1 aliphatic heterocycles. The number of rotatable bonds is 4. The molecule has 0 spiro atoms. The number of imide groups is 1. The van der Waals surface area contributed by atoms with Crippen molar-refractivity contribution in [1.82, 2.24) is 4.90 Å². The zero-order valence-electron chi connectivity index (χ0n) is 13.4. The number of fused-ring (bicyclic) bond motifs is 1. The molecule has 0 unspecified atom stereocenters. The molecule has 2 aromatic rings. The minimum absolute atomic E-state index is 0.0904. The number of hydrogen-bond acceptors (Lipinski definition) is 3. The lowest BCUT2D eigenvalue weighted by Crippen LogP contribution is -2.45. The van der Waals surface area contributed by atoms with Crippen molar-refractivity contribution in [3.05, 3.63) is 71.3 Å². The maximum Gasteiger partial charge on any atom is 0.261 e. The predicted octanol–water partition coefficient (Wildman–Crippen LogP) is 3.42. The minimum atomic E-state index is -0.184. The molecule has 1 aliphatic carbocycles. The van der Waals surface area contributed by atoms with Gasteiger partial charge in [0.1, 0.15) is 0 Å². The third-order valence-corrected chi connectivity index (χ3v) is 4.88. The first-order valence-electron chi connectivity index (χ1n) is 8.38. The van der Waals surface area contributed by atoms with Gasteiger partial charge in [-0.3, -0.25) is 14.5 Å². The van der Waals surface area contributed by atoms with Gasteiger partial charge in [-0.25, -0.2) is 0 Å². The van der Waals surface area contributed by atoms with Crippen LogP contribution >= 0.6 is 0 Å². The summed E-state index contributed by atoms with van der Waals surface area (Å²) in [7, 11) is 0. The van der Waals surface area contributed by atoms with Crippen molar-refractivity contribution in [3.8, 4) is 0 Å². The van der Waals surface area contributed by atoms with E-state index in [0.717, 1.165) is 24.8 Å². The van der Waals surface area contributed by atoms with E-state index in [9.17, 15) is 9.59 Å². The molecule has 0 aromatic heterocycles. The minimum Gasteiger partial charge on any atom is -0.371 e. The van der Waals surface area contributed by atoms with E-state index in [1.165, 1.54) is 4.90 Å². The molecule has 2 atom stereocenters. The van der Waals surface area contributed by atoms with E-state index in [-0.39, 0.29) is 24.0 Å². The van der Waals surface area contributed by atoms with Gasteiger partial charge in [-0.1, -0.05) is 42.5 Å². The number of amides is 2. The van der Waals surface area contributed by atoms with Crippen LogP contribution in [0.1, 0.15) is 45.5 Å². The highest BCUT2D eigenvalue weighted by Crippen LogP contribution is 2.33. The monoisotopic (exact) mass is 321 g/mol. The maximum absolute atomic E-state index is 12.7. The van der Waals surface area contributed by atoms with Crippen molar-refractivity contribution < 1.29 is 14.3 Å². The van der Waals surface area contributed by atoms with Crippen LogP contribution < -0.4 is 0 Å². The van der Waals surface area contributed by atoms with Crippen LogP contribution in [0.5, 0.6) is 0 Å². The third kappa shape index (κ3) is 2.53. The molecule has 2 aromatic carbocycles. The first-order valence-corrected chi connectivity index (χ1v) is 8.38. The normalized spacial score (nSPS) is 22.9. The molecule has 24 heavy (non-hydrogen) atoms. The van der Waals surface area contributed by atoms with Gasteiger partial charge in [-0.15, -0.1) is 0 Å². The Hall–Kier alpha value is -2.46. The Morgan fingerprint density at radius 2 is 1.50 bits per heavy atom. The topological polar surface area (TPSA) is 46.6 Å². The van der Waals surface area contributed by atoms with E-state index in [1.807, 2.05) is 30.3 Å². The summed E-state index contributed by atoms with van der Waals surface area (Å²) in [5, 5.41) is 0. The molecule has 0 saturated heterocycles. The molecule has 2 amide bonds. The van der Waals surface area contributed by atoms with E-state index in [1.54, 1.807) is 24.3 Å². The number of carbonyl (C=O) groups excluding carboxylic acids is 2. The molecule has 4 rings (SSSR count). The highest BCUT2D eigenvalue weighted by Gasteiger charge is 2.44. The van der Waals surface area contributed by atoms with Gasteiger partial charge in [0.25, 0.3) is 11.8 Å². The van der Waals surface area contributed by atoms with Crippen LogP contribution in [0, 0.1) is 0 Å². The molecular weight excluding hydrogens is 302 g/mol. The summed E-state index contributed by atoms with van der Waals surface area (Å²) in [5.74, 6) is -0.369. The number of benzene rings is 2. The lowest BCUT2D eigenvalue weighted by atomic mass is 10.1. The number of ether oxygens (including phenoxy) is 1. The SMILES string of the molecule is O=C1c2ccccc2C(=O)N1[C@H]1CCC[C@H]1OCc1ccccc1. The van der Waals surface area contributed by atoms with Crippen molar-refractivity contribution in [2.75, 3.05) is 0 Å². The highest BCUT2D eigenvalue weighted by molar-refractivity contribution is 6.21. The van der Waals surface area contributed by atoms with Gasteiger partial charge in [0.05, 0.1) is 29.9 Å². The fourth-order valence-electron chi connectivity index (χ4n) is 3.68.